The molecule has 0 saturated carbocycles. The molecule has 0 fully saturated rings. The summed E-state index contributed by atoms with van der Waals surface area (Å²) < 4.78 is 11.2. The van der Waals surface area contributed by atoms with Crippen molar-refractivity contribution >= 4 is 11.6 Å². The molecule has 0 spiro atoms. The molecular formula is C22H19N5O2. The van der Waals surface area contributed by atoms with Crippen molar-refractivity contribution in [3.05, 3.63) is 70.4 Å². The molecule has 0 aliphatic carbocycles. The molecule has 1 heterocycles. The highest BCUT2D eigenvalue weighted by atomic mass is 16.5. The number of hydrogen-bond donors (Lipinski definition) is 1. The van der Waals surface area contributed by atoms with Gasteiger partial charge in [0.25, 0.3) is 0 Å². The summed E-state index contributed by atoms with van der Waals surface area (Å²) in [4.78, 5) is 8.88. The van der Waals surface area contributed by atoms with E-state index in [1.165, 1.54) is 0 Å². The first-order valence-corrected chi connectivity index (χ1v) is 8.85. The van der Waals surface area contributed by atoms with E-state index in [1.54, 1.807) is 49.6 Å². The Kier molecular flexibility index (Phi) is 6.03. The Morgan fingerprint density at radius 3 is 2.17 bits per heavy atom. The fourth-order valence-corrected chi connectivity index (χ4v) is 2.84. The third-order valence-electron chi connectivity index (χ3n) is 4.11. The van der Waals surface area contributed by atoms with Gasteiger partial charge in [-0.25, -0.2) is 4.98 Å². The molecule has 0 aliphatic rings. The summed E-state index contributed by atoms with van der Waals surface area (Å²) in [6, 6.07) is 16.5. The maximum absolute atomic E-state index is 9.12. The van der Waals surface area contributed by atoms with Crippen molar-refractivity contribution in [3.8, 4) is 23.8 Å². The second-order valence-electron chi connectivity index (χ2n) is 6.42. The highest BCUT2D eigenvalue weighted by molar-refractivity contribution is 5.55. The average molecular weight is 385 g/mol. The second kappa shape index (κ2) is 8.83. The summed E-state index contributed by atoms with van der Waals surface area (Å²) in [5.41, 5.74) is 4.23. The van der Waals surface area contributed by atoms with Gasteiger partial charge in [-0.3, -0.25) is 0 Å². The molecule has 0 radical (unpaired) electrons. The SMILES string of the molecule is COCc1cc(Oc2c(C)cc(C#N)cc2C)nc(Nc2ccc(C#N)cc2)n1. The number of ether oxygens (including phenoxy) is 2. The van der Waals surface area contributed by atoms with E-state index < -0.39 is 0 Å². The second-order valence-corrected chi connectivity index (χ2v) is 6.42. The number of methoxy groups -OCH3 is 1. The number of nitrogens with one attached hydrogen (secondary N) is 1. The molecule has 0 unspecified atom stereocenters. The molecule has 0 atom stereocenters. The number of anilines is 2. The first-order chi connectivity index (χ1) is 14.0. The maximum Gasteiger partial charge on any atom is 0.230 e. The van der Waals surface area contributed by atoms with Crippen molar-refractivity contribution in [2.24, 2.45) is 0 Å². The van der Waals surface area contributed by atoms with Gasteiger partial charge in [-0.15, -0.1) is 0 Å². The van der Waals surface area contributed by atoms with Crippen LogP contribution in [0, 0.1) is 36.5 Å². The van der Waals surface area contributed by atoms with Crippen LogP contribution in [0.3, 0.4) is 0 Å². The van der Waals surface area contributed by atoms with Crippen molar-refractivity contribution in [2.75, 3.05) is 12.4 Å². The number of hydrogen-bond acceptors (Lipinski definition) is 7. The molecule has 0 amide bonds. The Morgan fingerprint density at radius 1 is 0.931 bits per heavy atom. The highest BCUT2D eigenvalue weighted by Gasteiger charge is 2.12. The van der Waals surface area contributed by atoms with Crippen molar-refractivity contribution in [2.45, 2.75) is 20.5 Å². The Hall–Kier alpha value is -3.94. The summed E-state index contributed by atoms with van der Waals surface area (Å²) in [5, 5.41) is 21.2. The summed E-state index contributed by atoms with van der Waals surface area (Å²) in [6.07, 6.45) is 0. The minimum atomic E-state index is 0.298. The molecule has 3 rings (SSSR count). The van der Waals surface area contributed by atoms with Gasteiger partial charge in [0.05, 0.1) is 35.6 Å². The van der Waals surface area contributed by atoms with E-state index >= 15 is 0 Å². The van der Waals surface area contributed by atoms with Crippen LogP contribution in [0.1, 0.15) is 27.9 Å². The zero-order valence-electron chi connectivity index (χ0n) is 16.4. The van der Waals surface area contributed by atoms with Crippen LogP contribution < -0.4 is 10.1 Å². The van der Waals surface area contributed by atoms with Crippen molar-refractivity contribution in [1.82, 2.24) is 9.97 Å². The van der Waals surface area contributed by atoms with Crippen molar-refractivity contribution < 1.29 is 9.47 Å². The lowest BCUT2D eigenvalue weighted by Crippen LogP contribution is -2.04. The van der Waals surface area contributed by atoms with E-state index in [0.29, 0.717) is 41.0 Å². The van der Waals surface area contributed by atoms with Crippen LogP contribution in [0.5, 0.6) is 11.6 Å². The van der Waals surface area contributed by atoms with Gasteiger partial charge in [0.1, 0.15) is 5.75 Å². The fourth-order valence-electron chi connectivity index (χ4n) is 2.84. The zero-order valence-corrected chi connectivity index (χ0v) is 16.4. The molecule has 7 heteroatoms. The van der Waals surface area contributed by atoms with Gasteiger partial charge in [0, 0.05) is 18.9 Å². The maximum atomic E-state index is 9.12. The third kappa shape index (κ3) is 4.86. The number of benzene rings is 2. The monoisotopic (exact) mass is 385 g/mol. The lowest BCUT2D eigenvalue weighted by atomic mass is 10.1. The predicted molar refractivity (Wildman–Crippen MR) is 108 cm³/mol. The van der Waals surface area contributed by atoms with Gasteiger partial charge in [-0.2, -0.15) is 15.5 Å². The number of aromatic nitrogens is 2. The van der Waals surface area contributed by atoms with E-state index in [0.717, 1.165) is 16.8 Å². The van der Waals surface area contributed by atoms with E-state index in [-0.39, 0.29) is 0 Å². The first-order valence-electron chi connectivity index (χ1n) is 8.85. The van der Waals surface area contributed by atoms with E-state index in [9.17, 15) is 0 Å². The molecule has 1 N–H and O–H groups in total. The number of nitrogens with zero attached hydrogens (tertiary/aromatic N) is 4. The van der Waals surface area contributed by atoms with Crippen LogP contribution in [0.25, 0.3) is 0 Å². The predicted octanol–water partition coefficient (Wildman–Crippen LogP) is 4.52. The van der Waals surface area contributed by atoms with Crippen LogP contribution in [0.15, 0.2) is 42.5 Å². The molecule has 0 aliphatic heterocycles. The Labute approximate surface area is 169 Å². The van der Waals surface area contributed by atoms with Crippen molar-refractivity contribution in [3.63, 3.8) is 0 Å². The standard InChI is InChI=1S/C22H19N5O2/c1-14-8-17(12-24)9-15(2)21(14)29-20-10-19(13-28-3)26-22(27-20)25-18-6-4-16(11-23)5-7-18/h4-10H,13H2,1-3H3,(H,25,26,27). The summed E-state index contributed by atoms with van der Waals surface area (Å²) in [6.45, 7) is 4.07. The quantitative estimate of drug-likeness (QED) is 0.665. The van der Waals surface area contributed by atoms with Gasteiger partial charge in [0.15, 0.2) is 0 Å². The molecule has 29 heavy (non-hydrogen) atoms. The largest absolute Gasteiger partial charge is 0.438 e. The van der Waals surface area contributed by atoms with Gasteiger partial charge in [-0.05, 0) is 61.4 Å². The fraction of sp³-hybridized carbons (Fsp3) is 0.182. The molecule has 144 valence electrons. The Morgan fingerprint density at radius 2 is 1.59 bits per heavy atom. The van der Waals surface area contributed by atoms with Crippen molar-refractivity contribution in [1.29, 1.82) is 10.5 Å². The van der Waals surface area contributed by atoms with Crippen LogP contribution in [-0.2, 0) is 11.3 Å². The lowest BCUT2D eigenvalue weighted by molar-refractivity contribution is 0.181. The third-order valence-corrected chi connectivity index (χ3v) is 4.11. The summed E-state index contributed by atoms with van der Waals surface area (Å²) in [7, 11) is 1.59. The van der Waals surface area contributed by atoms with E-state index in [4.69, 9.17) is 20.0 Å². The molecular weight excluding hydrogens is 366 g/mol. The molecule has 1 aromatic heterocycles. The van der Waals surface area contributed by atoms with E-state index in [1.807, 2.05) is 13.8 Å². The number of nitriles is 2. The number of rotatable bonds is 6. The summed E-state index contributed by atoms with van der Waals surface area (Å²) in [5.74, 6) is 1.36. The summed E-state index contributed by atoms with van der Waals surface area (Å²) >= 11 is 0. The van der Waals surface area contributed by atoms with Gasteiger partial charge in [0.2, 0.25) is 11.8 Å². The normalized spacial score (nSPS) is 10.1. The molecule has 7 nitrogen and oxygen atoms in total. The molecule has 0 saturated heterocycles. The highest BCUT2D eigenvalue weighted by Crippen LogP contribution is 2.30. The molecule has 2 aromatic carbocycles. The topological polar surface area (TPSA) is 104 Å². The Balaban J connectivity index is 1.93. The van der Waals surface area contributed by atoms with Crippen LogP contribution in [0.2, 0.25) is 0 Å². The van der Waals surface area contributed by atoms with Crippen LogP contribution in [-0.4, -0.2) is 17.1 Å². The van der Waals surface area contributed by atoms with Gasteiger partial charge >= 0.3 is 0 Å². The van der Waals surface area contributed by atoms with Gasteiger partial charge < -0.3 is 14.8 Å². The van der Waals surface area contributed by atoms with E-state index in [2.05, 4.69) is 27.4 Å². The van der Waals surface area contributed by atoms with Crippen LogP contribution in [0.4, 0.5) is 11.6 Å². The average Bonchev–Trinajstić information content (AvgIpc) is 2.71. The number of aryl methyl sites for hydroxylation is 2. The molecule has 0 bridgehead atoms. The van der Waals surface area contributed by atoms with Crippen LogP contribution >= 0.6 is 0 Å². The zero-order chi connectivity index (χ0) is 20.8. The lowest BCUT2D eigenvalue weighted by Gasteiger charge is -2.14. The minimum absolute atomic E-state index is 0.298. The first kappa shape index (κ1) is 19.8. The Bertz CT molecular complexity index is 1090. The minimum Gasteiger partial charge on any atom is -0.438 e. The smallest absolute Gasteiger partial charge is 0.230 e. The van der Waals surface area contributed by atoms with Gasteiger partial charge in [-0.1, -0.05) is 0 Å². The molecule has 3 aromatic rings.